The van der Waals surface area contributed by atoms with Crippen LogP contribution in [-0.4, -0.2) is 44.3 Å². The summed E-state index contributed by atoms with van der Waals surface area (Å²) in [5.74, 6) is -1.46. The van der Waals surface area contributed by atoms with Gasteiger partial charge in [0.05, 0.1) is 10.6 Å². The van der Waals surface area contributed by atoms with E-state index in [4.69, 9.17) is 11.6 Å². The van der Waals surface area contributed by atoms with Gasteiger partial charge in [-0.15, -0.1) is 0 Å². The number of halogens is 2. The Morgan fingerprint density at radius 3 is 2.26 bits per heavy atom. The van der Waals surface area contributed by atoms with Crippen molar-refractivity contribution < 1.29 is 22.4 Å². The molecule has 0 heterocycles. The Labute approximate surface area is 234 Å². The SMILES string of the molecule is Cc1ccc(Cl)cc1N(CC(=O)N(Cc1ccccc1F)[C@H](C)C(=O)NCC(C)C)S(=O)(=O)c1ccccc1. The summed E-state index contributed by atoms with van der Waals surface area (Å²) < 4.78 is 43.2. The standard InChI is InChI=1S/C29H33ClFN3O4S/c1-20(2)17-32-29(36)22(4)33(18-23-10-8-9-13-26(23)31)28(35)19-34(27-16-24(30)15-14-21(27)3)39(37,38)25-11-6-5-7-12-25/h5-16,20,22H,17-19H2,1-4H3,(H,32,36)/t22-/m1/s1. The molecular weight excluding hydrogens is 541 g/mol. The van der Waals surface area contributed by atoms with Gasteiger partial charge in [-0.05, 0) is 55.7 Å². The van der Waals surface area contributed by atoms with E-state index in [-0.39, 0.29) is 28.6 Å². The van der Waals surface area contributed by atoms with Crippen molar-refractivity contribution in [3.05, 3.63) is 94.8 Å². The molecule has 1 N–H and O–H groups in total. The number of aryl methyl sites for hydroxylation is 1. The number of amides is 2. The number of sulfonamides is 1. The van der Waals surface area contributed by atoms with Crippen LogP contribution in [0.2, 0.25) is 5.02 Å². The second-order valence-corrected chi connectivity index (χ2v) is 12.0. The summed E-state index contributed by atoms with van der Waals surface area (Å²) in [5.41, 5.74) is 1.00. The number of benzene rings is 3. The Kier molecular flexibility index (Phi) is 10.1. The normalized spacial score (nSPS) is 12.2. The molecule has 0 spiro atoms. The smallest absolute Gasteiger partial charge is 0.264 e. The molecule has 0 radical (unpaired) electrons. The Balaban J connectivity index is 2.05. The number of nitrogens with zero attached hydrogens (tertiary/aromatic N) is 2. The Hall–Kier alpha value is -3.43. The van der Waals surface area contributed by atoms with E-state index in [2.05, 4.69) is 5.32 Å². The summed E-state index contributed by atoms with van der Waals surface area (Å²) in [5, 5.41) is 3.09. The molecule has 0 aliphatic heterocycles. The van der Waals surface area contributed by atoms with E-state index in [0.717, 1.165) is 4.31 Å². The Bertz CT molecular complexity index is 1420. The molecule has 208 valence electrons. The first-order valence-corrected chi connectivity index (χ1v) is 14.4. The molecule has 7 nitrogen and oxygen atoms in total. The maximum Gasteiger partial charge on any atom is 0.264 e. The predicted octanol–water partition coefficient (Wildman–Crippen LogP) is 5.17. The zero-order chi connectivity index (χ0) is 28.7. The van der Waals surface area contributed by atoms with Gasteiger partial charge >= 0.3 is 0 Å². The fraction of sp³-hybridized carbons (Fsp3) is 0.310. The summed E-state index contributed by atoms with van der Waals surface area (Å²) in [6, 6.07) is 17.4. The maximum atomic E-state index is 14.6. The third-order valence-corrected chi connectivity index (χ3v) is 8.21. The van der Waals surface area contributed by atoms with Crippen LogP contribution in [0, 0.1) is 18.7 Å². The van der Waals surface area contributed by atoms with Crippen LogP contribution < -0.4 is 9.62 Å². The van der Waals surface area contributed by atoms with E-state index in [1.807, 2.05) is 13.8 Å². The third kappa shape index (κ3) is 7.58. The van der Waals surface area contributed by atoms with Gasteiger partial charge in [0.15, 0.2) is 0 Å². The largest absolute Gasteiger partial charge is 0.354 e. The lowest BCUT2D eigenvalue weighted by Gasteiger charge is -2.32. The monoisotopic (exact) mass is 573 g/mol. The van der Waals surface area contributed by atoms with E-state index < -0.39 is 40.2 Å². The zero-order valence-electron chi connectivity index (χ0n) is 22.4. The van der Waals surface area contributed by atoms with Crippen LogP contribution in [0.15, 0.2) is 77.7 Å². The van der Waals surface area contributed by atoms with Gasteiger partial charge < -0.3 is 10.2 Å². The van der Waals surface area contributed by atoms with Crippen LogP contribution in [-0.2, 0) is 26.2 Å². The highest BCUT2D eigenvalue weighted by Crippen LogP contribution is 2.30. The number of carbonyl (C=O) groups excluding carboxylic acids is 2. The minimum Gasteiger partial charge on any atom is -0.354 e. The van der Waals surface area contributed by atoms with Crippen molar-refractivity contribution in [3.63, 3.8) is 0 Å². The molecule has 10 heteroatoms. The van der Waals surface area contributed by atoms with Crippen molar-refractivity contribution in [2.75, 3.05) is 17.4 Å². The van der Waals surface area contributed by atoms with Crippen molar-refractivity contribution in [2.45, 2.75) is 45.2 Å². The fourth-order valence-corrected chi connectivity index (χ4v) is 5.59. The van der Waals surface area contributed by atoms with Crippen molar-refractivity contribution in [1.29, 1.82) is 0 Å². The molecule has 3 aromatic rings. The highest BCUT2D eigenvalue weighted by molar-refractivity contribution is 7.92. The maximum absolute atomic E-state index is 14.6. The molecule has 0 aromatic heterocycles. The van der Waals surface area contributed by atoms with Crippen molar-refractivity contribution in [1.82, 2.24) is 10.2 Å². The molecule has 3 rings (SSSR count). The van der Waals surface area contributed by atoms with Crippen molar-refractivity contribution in [2.24, 2.45) is 5.92 Å². The molecule has 0 bridgehead atoms. The molecule has 3 aromatic carbocycles. The minimum absolute atomic E-state index is 0.0134. The average Bonchev–Trinajstić information content (AvgIpc) is 2.91. The Morgan fingerprint density at radius 1 is 0.974 bits per heavy atom. The lowest BCUT2D eigenvalue weighted by Crippen LogP contribution is -2.51. The highest BCUT2D eigenvalue weighted by Gasteiger charge is 2.33. The van der Waals surface area contributed by atoms with Crippen LogP contribution in [0.25, 0.3) is 0 Å². The van der Waals surface area contributed by atoms with Crippen LogP contribution in [0.3, 0.4) is 0 Å². The van der Waals surface area contributed by atoms with Gasteiger partial charge in [0.2, 0.25) is 11.8 Å². The number of hydrogen-bond acceptors (Lipinski definition) is 4. The molecule has 39 heavy (non-hydrogen) atoms. The number of hydrogen-bond donors (Lipinski definition) is 1. The summed E-state index contributed by atoms with van der Waals surface area (Å²) in [7, 11) is -4.22. The topological polar surface area (TPSA) is 86.8 Å². The average molecular weight is 574 g/mol. The molecule has 0 saturated carbocycles. The van der Waals surface area contributed by atoms with E-state index in [0.29, 0.717) is 17.1 Å². The zero-order valence-corrected chi connectivity index (χ0v) is 24.0. The third-order valence-electron chi connectivity index (χ3n) is 6.20. The van der Waals surface area contributed by atoms with Crippen LogP contribution in [0.1, 0.15) is 31.9 Å². The summed E-state index contributed by atoms with van der Waals surface area (Å²) in [4.78, 5) is 28.1. The lowest BCUT2D eigenvalue weighted by molar-refractivity contribution is -0.139. The van der Waals surface area contributed by atoms with E-state index in [9.17, 15) is 22.4 Å². The minimum atomic E-state index is -4.22. The predicted molar refractivity (Wildman–Crippen MR) is 151 cm³/mol. The molecular formula is C29H33ClFN3O4S. The molecule has 0 aliphatic carbocycles. The highest BCUT2D eigenvalue weighted by atomic mass is 35.5. The van der Waals surface area contributed by atoms with Gasteiger partial charge in [-0.1, -0.05) is 67.9 Å². The first-order valence-electron chi connectivity index (χ1n) is 12.6. The quantitative estimate of drug-likeness (QED) is 0.343. The van der Waals surface area contributed by atoms with Crippen molar-refractivity contribution in [3.8, 4) is 0 Å². The van der Waals surface area contributed by atoms with Crippen LogP contribution in [0.5, 0.6) is 0 Å². The van der Waals surface area contributed by atoms with Gasteiger partial charge in [-0.2, -0.15) is 0 Å². The molecule has 0 unspecified atom stereocenters. The first kappa shape index (κ1) is 30.1. The molecule has 0 saturated heterocycles. The van der Waals surface area contributed by atoms with Gasteiger partial charge in [0.25, 0.3) is 10.0 Å². The molecule has 2 amide bonds. The number of carbonyl (C=O) groups is 2. The van der Waals surface area contributed by atoms with Crippen LogP contribution >= 0.6 is 11.6 Å². The van der Waals surface area contributed by atoms with Gasteiger partial charge in [-0.25, -0.2) is 12.8 Å². The summed E-state index contributed by atoms with van der Waals surface area (Å²) in [6.45, 7) is 6.66. The van der Waals surface area contributed by atoms with Gasteiger partial charge in [-0.3, -0.25) is 13.9 Å². The summed E-state index contributed by atoms with van der Waals surface area (Å²) >= 11 is 6.22. The molecule has 1 atom stereocenters. The molecule has 0 fully saturated rings. The van der Waals surface area contributed by atoms with E-state index >= 15 is 0 Å². The van der Waals surface area contributed by atoms with E-state index in [1.165, 1.54) is 48.2 Å². The first-order chi connectivity index (χ1) is 18.4. The second kappa shape index (κ2) is 13.1. The number of rotatable bonds is 11. The van der Waals surface area contributed by atoms with Gasteiger partial charge in [0.1, 0.15) is 18.4 Å². The van der Waals surface area contributed by atoms with Gasteiger partial charge in [0, 0.05) is 23.7 Å². The van der Waals surface area contributed by atoms with E-state index in [1.54, 1.807) is 43.3 Å². The second-order valence-electron chi connectivity index (χ2n) is 9.68. The van der Waals surface area contributed by atoms with Crippen molar-refractivity contribution >= 4 is 39.1 Å². The lowest BCUT2D eigenvalue weighted by atomic mass is 10.1. The van der Waals surface area contributed by atoms with Crippen LogP contribution in [0.4, 0.5) is 10.1 Å². The fourth-order valence-electron chi connectivity index (χ4n) is 3.93. The molecule has 0 aliphatic rings. The number of nitrogens with one attached hydrogen (secondary N) is 1. The Morgan fingerprint density at radius 2 is 1.62 bits per heavy atom. The number of anilines is 1. The summed E-state index contributed by atoms with van der Waals surface area (Å²) in [6.07, 6.45) is 0.